The molecule has 0 spiro atoms. The Morgan fingerprint density at radius 2 is 1.80 bits per heavy atom. The van der Waals surface area contributed by atoms with E-state index in [1.807, 2.05) is 30.3 Å². The van der Waals surface area contributed by atoms with Gasteiger partial charge in [0.05, 0.1) is 53.9 Å². The van der Waals surface area contributed by atoms with E-state index in [-0.39, 0.29) is 16.6 Å². The van der Waals surface area contributed by atoms with Crippen LogP contribution in [0, 0.1) is 0 Å². The number of carbonyl (C=O) groups excluding carboxylic acids is 1. The summed E-state index contributed by atoms with van der Waals surface area (Å²) >= 11 is 13.7. The Morgan fingerprint density at radius 3 is 2.54 bits per heavy atom. The zero-order valence-corrected chi connectivity index (χ0v) is 23.7. The number of hydrogen-bond donors (Lipinski definition) is 3. The van der Waals surface area contributed by atoms with Gasteiger partial charge >= 0.3 is 0 Å². The highest BCUT2D eigenvalue weighted by Crippen LogP contribution is 2.41. The molecule has 3 N–H and O–H groups in total. The molecule has 1 amide bonds. The number of aryl methyl sites for hydroxylation is 1. The van der Waals surface area contributed by atoms with Crippen LogP contribution in [0.2, 0.25) is 10.0 Å². The number of benzene rings is 2. The maximum Gasteiger partial charge on any atom is 0.279 e. The van der Waals surface area contributed by atoms with Crippen molar-refractivity contribution in [3.05, 3.63) is 92.3 Å². The molecule has 212 valence electrons. The van der Waals surface area contributed by atoms with E-state index in [2.05, 4.69) is 20.7 Å². The second-order valence-corrected chi connectivity index (χ2v) is 10.2. The molecule has 3 heterocycles. The van der Waals surface area contributed by atoms with Gasteiger partial charge < -0.3 is 25.2 Å². The molecule has 10 nitrogen and oxygen atoms in total. The summed E-state index contributed by atoms with van der Waals surface area (Å²) in [6.45, 7) is 1.19. The van der Waals surface area contributed by atoms with E-state index in [9.17, 15) is 14.7 Å². The normalized spacial score (nSPS) is 16.5. The fourth-order valence-electron chi connectivity index (χ4n) is 4.55. The molecule has 0 aliphatic carbocycles. The average Bonchev–Trinajstić information content (AvgIpc) is 3.39. The summed E-state index contributed by atoms with van der Waals surface area (Å²) in [5, 5.41) is 20.5. The number of aromatic nitrogens is 3. The van der Waals surface area contributed by atoms with Crippen LogP contribution in [0.15, 0.2) is 65.6 Å². The summed E-state index contributed by atoms with van der Waals surface area (Å²) in [7, 11) is 3.01. The van der Waals surface area contributed by atoms with Gasteiger partial charge in [0, 0.05) is 42.0 Å². The highest BCUT2D eigenvalue weighted by atomic mass is 35.5. The molecule has 0 radical (unpaired) electrons. The summed E-state index contributed by atoms with van der Waals surface area (Å²) in [4.78, 5) is 29.8. The summed E-state index contributed by atoms with van der Waals surface area (Å²) < 4.78 is 11.9. The van der Waals surface area contributed by atoms with Crippen LogP contribution in [0.25, 0.3) is 22.4 Å². The largest absolute Gasteiger partial charge is 0.481 e. The number of methoxy groups -OCH3 is 1. The molecule has 1 fully saturated rings. The number of anilines is 1. The molecule has 0 saturated carbocycles. The zero-order valence-electron chi connectivity index (χ0n) is 22.2. The van der Waals surface area contributed by atoms with Crippen molar-refractivity contribution in [2.75, 3.05) is 25.6 Å². The highest BCUT2D eigenvalue weighted by molar-refractivity contribution is 6.39. The molecule has 1 aliphatic rings. The number of pyridine rings is 1. The maximum atomic E-state index is 12.8. The van der Waals surface area contributed by atoms with Gasteiger partial charge in [-0.3, -0.25) is 9.59 Å². The SMILES string of the molecule is COc1nc(-c2cccc(-c3cccc(NC(=O)c4ccnn(C)c4=O)c3Cl)c2Cl)ccc1CN[C@@H]1COC[C@@H]1O. The van der Waals surface area contributed by atoms with Crippen LogP contribution in [0.5, 0.6) is 5.88 Å². The van der Waals surface area contributed by atoms with E-state index in [4.69, 9.17) is 32.7 Å². The minimum absolute atomic E-state index is 0.0598. The predicted octanol–water partition coefficient (Wildman–Crippen LogP) is 3.93. The number of nitrogens with one attached hydrogen (secondary N) is 2. The number of halogens is 2. The molecule has 0 bridgehead atoms. The Labute approximate surface area is 245 Å². The first kappa shape index (κ1) is 28.7. The lowest BCUT2D eigenvalue weighted by Crippen LogP contribution is -2.38. The molecule has 0 unspecified atom stereocenters. The zero-order chi connectivity index (χ0) is 29.1. The van der Waals surface area contributed by atoms with E-state index in [0.717, 1.165) is 10.2 Å². The van der Waals surface area contributed by atoms with Crippen molar-refractivity contribution in [3.8, 4) is 28.3 Å². The third kappa shape index (κ3) is 5.97. The summed E-state index contributed by atoms with van der Waals surface area (Å²) in [6, 6.07) is 15.6. The van der Waals surface area contributed by atoms with Gasteiger partial charge in [-0.1, -0.05) is 59.6 Å². The van der Waals surface area contributed by atoms with Crippen LogP contribution in [0.4, 0.5) is 5.69 Å². The van der Waals surface area contributed by atoms with Gasteiger partial charge in [0.1, 0.15) is 5.56 Å². The second kappa shape index (κ2) is 12.4. The number of amides is 1. The average molecular weight is 596 g/mol. The number of aliphatic hydroxyl groups is 1. The van der Waals surface area contributed by atoms with Crippen molar-refractivity contribution in [1.82, 2.24) is 20.1 Å². The van der Waals surface area contributed by atoms with E-state index >= 15 is 0 Å². The maximum absolute atomic E-state index is 12.8. The lowest BCUT2D eigenvalue weighted by molar-refractivity contribution is 0.102. The van der Waals surface area contributed by atoms with Crippen molar-refractivity contribution < 1.29 is 19.4 Å². The van der Waals surface area contributed by atoms with Gasteiger partial charge in [0.25, 0.3) is 11.5 Å². The highest BCUT2D eigenvalue weighted by Gasteiger charge is 2.26. The molecule has 2 atom stereocenters. The van der Waals surface area contributed by atoms with E-state index in [0.29, 0.717) is 58.7 Å². The monoisotopic (exact) mass is 595 g/mol. The Morgan fingerprint density at radius 1 is 1.07 bits per heavy atom. The minimum atomic E-state index is -0.604. The van der Waals surface area contributed by atoms with Crippen LogP contribution >= 0.6 is 23.2 Å². The van der Waals surface area contributed by atoms with E-state index in [1.165, 1.54) is 19.3 Å². The Bertz CT molecular complexity index is 1660. The lowest BCUT2D eigenvalue weighted by Gasteiger charge is -2.17. The fraction of sp³-hybridized carbons (Fsp3) is 0.241. The summed E-state index contributed by atoms with van der Waals surface area (Å²) in [5.41, 5.74) is 3.03. The standard InChI is InChI=1S/C29H27Cl2N5O5/c1-36-29(39)20(11-12-33-36)27(38)34-22-8-4-6-18(26(22)31)17-5-3-7-19(25(17)30)21-10-9-16(28(35-21)40-2)13-32-23-14-41-15-24(23)37/h3-12,23-24,32,37H,13-15H2,1-2H3,(H,34,38)/t23-,24+/m1/s1. The number of carbonyl (C=O) groups is 1. The number of nitrogens with zero attached hydrogens (tertiary/aromatic N) is 3. The van der Waals surface area contributed by atoms with Gasteiger partial charge in [-0.15, -0.1) is 0 Å². The first-order valence-corrected chi connectivity index (χ1v) is 13.5. The first-order valence-electron chi connectivity index (χ1n) is 12.7. The number of aliphatic hydroxyl groups excluding tert-OH is 1. The molecule has 2 aromatic carbocycles. The molecular weight excluding hydrogens is 569 g/mol. The first-order chi connectivity index (χ1) is 19.8. The third-order valence-electron chi connectivity index (χ3n) is 6.80. The Hall–Kier alpha value is -3.80. The van der Waals surface area contributed by atoms with E-state index < -0.39 is 17.6 Å². The third-order valence-corrected chi connectivity index (χ3v) is 7.61. The van der Waals surface area contributed by atoms with Crippen LogP contribution in [-0.4, -0.2) is 58.2 Å². The van der Waals surface area contributed by atoms with Crippen molar-refractivity contribution in [1.29, 1.82) is 0 Å². The van der Waals surface area contributed by atoms with Crippen molar-refractivity contribution in [2.45, 2.75) is 18.7 Å². The van der Waals surface area contributed by atoms with Crippen molar-refractivity contribution >= 4 is 34.8 Å². The molecule has 41 heavy (non-hydrogen) atoms. The van der Waals surface area contributed by atoms with Gasteiger partial charge in [0.2, 0.25) is 5.88 Å². The van der Waals surface area contributed by atoms with Crippen LogP contribution in [0.1, 0.15) is 15.9 Å². The Balaban J connectivity index is 1.42. The van der Waals surface area contributed by atoms with Gasteiger partial charge in [0.15, 0.2) is 0 Å². The summed E-state index contributed by atoms with van der Waals surface area (Å²) in [6.07, 6.45) is 0.817. The molecule has 5 rings (SSSR count). The van der Waals surface area contributed by atoms with Crippen molar-refractivity contribution in [2.24, 2.45) is 7.05 Å². The van der Waals surface area contributed by atoms with Gasteiger partial charge in [-0.05, 0) is 18.2 Å². The van der Waals surface area contributed by atoms with E-state index in [1.54, 1.807) is 25.3 Å². The lowest BCUT2D eigenvalue weighted by atomic mass is 10.00. The molecule has 1 aliphatic heterocycles. The molecule has 4 aromatic rings. The van der Waals surface area contributed by atoms with Gasteiger partial charge in [-0.2, -0.15) is 5.10 Å². The Kier molecular flexibility index (Phi) is 8.67. The fourth-order valence-corrected chi connectivity index (χ4v) is 5.15. The number of hydrogen-bond acceptors (Lipinski definition) is 8. The quantitative estimate of drug-likeness (QED) is 0.279. The molecule has 12 heteroatoms. The van der Waals surface area contributed by atoms with Crippen molar-refractivity contribution in [3.63, 3.8) is 0 Å². The van der Waals surface area contributed by atoms with Crippen LogP contribution in [-0.2, 0) is 18.3 Å². The van der Waals surface area contributed by atoms with Crippen LogP contribution < -0.4 is 20.9 Å². The molecular formula is C29H27Cl2N5O5. The van der Waals surface area contributed by atoms with Gasteiger partial charge in [-0.25, -0.2) is 9.67 Å². The smallest absolute Gasteiger partial charge is 0.279 e. The number of rotatable bonds is 8. The van der Waals surface area contributed by atoms with Crippen LogP contribution in [0.3, 0.4) is 0 Å². The summed E-state index contributed by atoms with van der Waals surface area (Å²) in [5.74, 6) is -0.178. The molecule has 1 saturated heterocycles. The second-order valence-electron chi connectivity index (χ2n) is 9.42. The predicted molar refractivity (Wildman–Crippen MR) is 157 cm³/mol. The number of ether oxygens (including phenoxy) is 2. The topological polar surface area (TPSA) is 128 Å². The molecule has 2 aromatic heterocycles. The minimum Gasteiger partial charge on any atom is -0.481 e.